The summed E-state index contributed by atoms with van der Waals surface area (Å²) in [5.74, 6) is 0.697. The maximum atomic E-state index is 5.69. The van der Waals surface area contributed by atoms with Crippen LogP contribution in [0, 0.1) is 0 Å². The second kappa shape index (κ2) is 5.00. The van der Waals surface area contributed by atoms with Crippen LogP contribution in [0.25, 0.3) is 10.8 Å². The summed E-state index contributed by atoms with van der Waals surface area (Å²) in [7, 11) is 1.45. The Morgan fingerprint density at radius 1 is 0.900 bits per heavy atom. The average molecular weight is 268 g/mol. The van der Waals surface area contributed by atoms with Crippen LogP contribution in [0.5, 0.6) is 17.8 Å². The SMILES string of the molecule is COc1nc(N)nc(Oc2cccc3ccccc23)n1. The smallest absolute Gasteiger partial charge is 0.330 e. The molecule has 2 aromatic carbocycles. The van der Waals surface area contributed by atoms with E-state index in [0.717, 1.165) is 10.8 Å². The molecule has 0 saturated heterocycles. The monoisotopic (exact) mass is 268 g/mol. The Morgan fingerprint density at radius 3 is 2.50 bits per heavy atom. The third-order valence-electron chi connectivity index (χ3n) is 2.75. The van der Waals surface area contributed by atoms with E-state index in [2.05, 4.69) is 15.0 Å². The highest BCUT2D eigenvalue weighted by Crippen LogP contribution is 2.28. The second-order valence-corrected chi connectivity index (χ2v) is 4.04. The fourth-order valence-corrected chi connectivity index (χ4v) is 1.87. The number of fused-ring (bicyclic) bond motifs is 1. The fourth-order valence-electron chi connectivity index (χ4n) is 1.87. The average Bonchev–Trinajstić information content (AvgIpc) is 2.47. The minimum Gasteiger partial charge on any atom is -0.467 e. The van der Waals surface area contributed by atoms with Gasteiger partial charge in [0.05, 0.1) is 7.11 Å². The number of hydrogen-bond acceptors (Lipinski definition) is 6. The lowest BCUT2D eigenvalue weighted by molar-refractivity contribution is 0.361. The van der Waals surface area contributed by atoms with Crippen molar-refractivity contribution in [3.63, 3.8) is 0 Å². The number of benzene rings is 2. The molecule has 20 heavy (non-hydrogen) atoms. The number of ether oxygens (including phenoxy) is 2. The van der Waals surface area contributed by atoms with Gasteiger partial charge in [0.2, 0.25) is 5.95 Å². The van der Waals surface area contributed by atoms with Gasteiger partial charge < -0.3 is 15.2 Å². The number of nitrogens with zero attached hydrogens (tertiary/aromatic N) is 3. The molecule has 0 aliphatic rings. The van der Waals surface area contributed by atoms with Crippen molar-refractivity contribution in [3.05, 3.63) is 42.5 Å². The van der Waals surface area contributed by atoms with Crippen molar-refractivity contribution in [2.75, 3.05) is 12.8 Å². The summed E-state index contributed by atoms with van der Waals surface area (Å²) in [5.41, 5.74) is 5.58. The van der Waals surface area contributed by atoms with Gasteiger partial charge in [-0.2, -0.15) is 9.97 Å². The van der Waals surface area contributed by atoms with Crippen molar-refractivity contribution in [2.24, 2.45) is 0 Å². The highest BCUT2D eigenvalue weighted by Gasteiger charge is 2.08. The van der Waals surface area contributed by atoms with Crippen LogP contribution in [0.3, 0.4) is 0 Å². The molecule has 0 saturated carbocycles. The zero-order valence-electron chi connectivity index (χ0n) is 10.8. The van der Waals surface area contributed by atoms with E-state index in [9.17, 15) is 0 Å². The maximum absolute atomic E-state index is 5.69. The van der Waals surface area contributed by atoms with Crippen LogP contribution in [0.2, 0.25) is 0 Å². The molecule has 0 spiro atoms. The van der Waals surface area contributed by atoms with Crippen LogP contribution in [0.15, 0.2) is 42.5 Å². The quantitative estimate of drug-likeness (QED) is 0.785. The van der Waals surface area contributed by atoms with Crippen LogP contribution >= 0.6 is 0 Å². The van der Waals surface area contributed by atoms with Gasteiger partial charge >= 0.3 is 12.0 Å². The molecule has 3 aromatic rings. The van der Waals surface area contributed by atoms with E-state index >= 15 is 0 Å². The van der Waals surface area contributed by atoms with E-state index in [1.807, 2.05) is 42.5 Å². The molecular formula is C14H12N4O2. The van der Waals surface area contributed by atoms with Crippen LogP contribution in [-0.2, 0) is 0 Å². The maximum Gasteiger partial charge on any atom is 0.330 e. The van der Waals surface area contributed by atoms with Gasteiger partial charge in [0.25, 0.3) is 0 Å². The van der Waals surface area contributed by atoms with Gasteiger partial charge in [0.15, 0.2) is 0 Å². The summed E-state index contributed by atoms with van der Waals surface area (Å²) in [4.78, 5) is 11.8. The zero-order chi connectivity index (χ0) is 13.9. The summed E-state index contributed by atoms with van der Waals surface area (Å²) in [5, 5.41) is 2.03. The molecule has 0 unspecified atom stereocenters. The van der Waals surface area contributed by atoms with Crippen molar-refractivity contribution >= 4 is 16.7 Å². The first-order valence-electron chi connectivity index (χ1n) is 5.97. The standard InChI is InChI=1S/C14H12N4O2/c1-19-13-16-12(15)17-14(18-13)20-11-8-4-6-9-5-2-3-7-10(9)11/h2-8H,1H3,(H2,15,16,17,18). The van der Waals surface area contributed by atoms with E-state index in [0.29, 0.717) is 5.75 Å². The molecule has 0 amide bonds. The molecule has 0 fully saturated rings. The molecule has 6 nitrogen and oxygen atoms in total. The minimum atomic E-state index is 0.0482. The van der Waals surface area contributed by atoms with Gasteiger partial charge in [-0.1, -0.05) is 36.4 Å². The van der Waals surface area contributed by atoms with E-state index in [4.69, 9.17) is 15.2 Å². The van der Waals surface area contributed by atoms with Crippen LogP contribution in [0.4, 0.5) is 5.95 Å². The van der Waals surface area contributed by atoms with E-state index in [-0.39, 0.29) is 18.0 Å². The molecule has 0 aliphatic heterocycles. The molecule has 0 bridgehead atoms. The Bertz CT molecular complexity index is 756. The highest BCUT2D eigenvalue weighted by molar-refractivity contribution is 5.88. The Kier molecular flexibility index (Phi) is 3.04. The highest BCUT2D eigenvalue weighted by atomic mass is 16.5. The molecule has 3 rings (SSSR count). The van der Waals surface area contributed by atoms with E-state index in [1.54, 1.807) is 0 Å². The van der Waals surface area contributed by atoms with Gasteiger partial charge in [-0.3, -0.25) is 0 Å². The topological polar surface area (TPSA) is 83.2 Å². The van der Waals surface area contributed by atoms with Gasteiger partial charge in [-0.15, -0.1) is 4.98 Å². The Hall–Kier alpha value is -2.89. The van der Waals surface area contributed by atoms with E-state index < -0.39 is 0 Å². The molecule has 100 valence electrons. The van der Waals surface area contributed by atoms with Crippen molar-refractivity contribution in [1.29, 1.82) is 0 Å². The van der Waals surface area contributed by atoms with Gasteiger partial charge in [-0.25, -0.2) is 0 Å². The predicted molar refractivity (Wildman–Crippen MR) is 74.8 cm³/mol. The summed E-state index contributed by atoms with van der Waals surface area (Å²) in [6.07, 6.45) is 0. The van der Waals surface area contributed by atoms with Crippen LogP contribution in [0.1, 0.15) is 0 Å². The number of methoxy groups -OCH3 is 1. The van der Waals surface area contributed by atoms with Crippen molar-refractivity contribution < 1.29 is 9.47 Å². The fraction of sp³-hybridized carbons (Fsp3) is 0.0714. The van der Waals surface area contributed by atoms with Gasteiger partial charge in [0.1, 0.15) is 5.75 Å². The molecule has 1 heterocycles. The number of rotatable bonds is 3. The Labute approximate surface area is 115 Å². The van der Waals surface area contributed by atoms with Crippen molar-refractivity contribution in [2.45, 2.75) is 0 Å². The number of nitrogen functional groups attached to an aromatic ring is 1. The largest absolute Gasteiger partial charge is 0.467 e. The third kappa shape index (κ3) is 2.31. The Balaban J connectivity index is 2.03. The Morgan fingerprint density at radius 2 is 1.65 bits per heavy atom. The molecule has 0 aliphatic carbocycles. The van der Waals surface area contributed by atoms with Crippen molar-refractivity contribution in [3.8, 4) is 17.8 Å². The number of aromatic nitrogens is 3. The molecule has 2 N–H and O–H groups in total. The van der Waals surface area contributed by atoms with Gasteiger partial charge in [-0.05, 0) is 11.5 Å². The summed E-state index contributed by atoms with van der Waals surface area (Å²) in [6, 6.07) is 13.8. The second-order valence-electron chi connectivity index (χ2n) is 4.04. The molecule has 0 radical (unpaired) electrons. The van der Waals surface area contributed by atoms with Crippen LogP contribution < -0.4 is 15.2 Å². The molecule has 0 atom stereocenters. The predicted octanol–water partition coefficient (Wildman–Crippen LogP) is 2.41. The zero-order valence-corrected chi connectivity index (χ0v) is 10.8. The lowest BCUT2D eigenvalue weighted by Crippen LogP contribution is -2.02. The lowest BCUT2D eigenvalue weighted by atomic mass is 10.1. The summed E-state index contributed by atoms with van der Waals surface area (Å²) >= 11 is 0. The first-order valence-corrected chi connectivity index (χ1v) is 5.97. The minimum absolute atomic E-state index is 0.0482. The number of nitrogens with two attached hydrogens (primary N) is 1. The van der Waals surface area contributed by atoms with Crippen LogP contribution in [-0.4, -0.2) is 22.1 Å². The number of anilines is 1. The summed E-state index contributed by atoms with van der Waals surface area (Å²) in [6.45, 7) is 0. The normalized spacial score (nSPS) is 10.4. The summed E-state index contributed by atoms with van der Waals surface area (Å²) < 4.78 is 10.6. The number of hydrogen-bond donors (Lipinski definition) is 1. The van der Waals surface area contributed by atoms with Crippen molar-refractivity contribution in [1.82, 2.24) is 15.0 Å². The first kappa shape index (κ1) is 12.2. The molecule has 6 heteroatoms. The first-order chi connectivity index (χ1) is 9.76. The van der Waals surface area contributed by atoms with Gasteiger partial charge in [0, 0.05) is 5.39 Å². The molecular weight excluding hydrogens is 256 g/mol. The third-order valence-corrected chi connectivity index (χ3v) is 2.75. The lowest BCUT2D eigenvalue weighted by Gasteiger charge is -2.08. The van der Waals surface area contributed by atoms with E-state index in [1.165, 1.54) is 7.11 Å². The molecule has 1 aromatic heterocycles.